The first kappa shape index (κ1) is 22.7. The van der Waals surface area contributed by atoms with E-state index in [1.807, 2.05) is 50.2 Å². The van der Waals surface area contributed by atoms with Gasteiger partial charge in [-0.2, -0.15) is 4.98 Å². The Morgan fingerprint density at radius 3 is 2.74 bits per heavy atom. The maximum atomic E-state index is 10.7. The number of ether oxygens (including phenoxy) is 3. The van der Waals surface area contributed by atoms with E-state index in [0.717, 1.165) is 22.9 Å². The topological polar surface area (TPSA) is 104 Å². The van der Waals surface area contributed by atoms with Crippen LogP contribution in [0.15, 0.2) is 47.6 Å². The molecular formula is C25H27N5O4S. The number of nitrogens with zero attached hydrogens (tertiary/aromatic N) is 5. The molecule has 0 amide bonds. The Kier molecular flexibility index (Phi) is 5.63. The molecule has 2 aliphatic rings. The second kappa shape index (κ2) is 8.70. The summed E-state index contributed by atoms with van der Waals surface area (Å²) < 4.78 is 20.1. The highest BCUT2D eigenvalue weighted by atomic mass is 32.2. The number of benzene rings is 2. The van der Waals surface area contributed by atoms with Gasteiger partial charge in [0.1, 0.15) is 18.0 Å². The molecule has 3 heterocycles. The summed E-state index contributed by atoms with van der Waals surface area (Å²) in [6.07, 6.45) is 0.0000519. The summed E-state index contributed by atoms with van der Waals surface area (Å²) in [4.78, 5) is 9.44. The second-order valence-electron chi connectivity index (χ2n) is 9.41. The summed E-state index contributed by atoms with van der Waals surface area (Å²) in [6.45, 7) is 5.82. The summed E-state index contributed by atoms with van der Waals surface area (Å²) in [5, 5.41) is 22.3. The number of aromatic nitrogens is 5. The lowest BCUT2D eigenvalue weighted by Gasteiger charge is -2.22. The molecule has 35 heavy (non-hydrogen) atoms. The fourth-order valence-corrected chi connectivity index (χ4v) is 5.53. The third kappa shape index (κ3) is 4.14. The Labute approximate surface area is 206 Å². The molecule has 6 rings (SSSR count). The average Bonchev–Trinajstić information content (AvgIpc) is 3.49. The molecule has 2 aromatic carbocycles. The van der Waals surface area contributed by atoms with Gasteiger partial charge in [0.15, 0.2) is 22.1 Å². The van der Waals surface area contributed by atoms with E-state index >= 15 is 0 Å². The molecule has 4 aromatic rings. The van der Waals surface area contributed by atoms with Crippen LogP contribution in [0.2, 0.25) is 0 Å². The lowest BCUT2D eigenvalue weighted by molar-refractivity contribution is -0.165. The average molecular weight is 494 g/mol. The van der Waals surface area contributed by atoms with Crippen molar-refractivity contribution in [2.45, 2.75) is 68.9 Å². The Balaban J connectivity index is 1.41. The van der Waals surface area contributed by atoms with Gasteiger partial charge in [-0.25, -0.2) is 9.67 Å². The molecule has 0 spiro atoms. The zero-order chi connectivity index (χ0) is 24.2. The van der Waals surface area contributed by atoms with Crippen molar-refractivity contribution in [3.8, 4) is 11.6 Å². The van der Waals surface area contributed by atoms with E-state index in [1.165, 1.54) is 0 Å². The first-order chi connectivity index (χ1) is 16.9. The van der Waals surface area contributed by atoms with Gasteiger partial charge in [0.2, 0.25) is 0 Å². The van der Waals surface area contributed by atoms with Crippen molar-refractivity contribution in [2.75, 3.05) is 5.75 Å². The van der Waals surface area contributed by atoms with E-state index in [9.17, 15) is 5.11 Å². The zero-order valence-corrected chi connectivity index (χ0v) is 20.6. The highest BCUT2D eigenvalue weighted by molar-refractivity contribution is 7.99. The van der Waals surface area contributed by atoms with E-state index in [-0.39, 0.29) is 12.1 Å². The summed E-state index contributed by atoms with van der Waals surface area (Å²) in [5.41, 5.74) is 1.02. The fraction of sp³-hybridized carbons (Fsp3) is 0.440. The summed E-state index contributed by atoms with van der Waals surface area (Å²) >= 11 is 1.56. The fourth-order valence-electron chi connectivity index (χ4n) is 4.85. The Morgan fingerprint density at radius 1 is 1.11 bits per heavy atom. The minimum Gasteiger partial charge on any atom is -0.437 e. The SMILES string of the molecule is CCCSc1nc(Oc2ccc3ccccc3c2)c2nnn([C@@H]3C[C@H](O)[C@H]4OC(C)(C)O[C@H]43)c2n1. The van der Waals surface area contributed by atoms with Crippen LogP contribution in [0, 0.1) is 0 Å². The maximum Gasteiger partial charge on any atom is 0.253 e. The van der Waals surface area contributed by atoms with Gasteiger partial charge in [-0.1, -0.05) is 54.2 Å². The van der Waals surface area contributed by atoms with Gasteiger partial charge in [-0.05, 0) is 43.2 Å². The number of aliphatic hydroxyl groups is 1. The van der Waals surface area contributed by atoms with Crippen molar-refractivity contribution in [3.05, 3.63) is 42.5 Å². The molecule has 2 aromatic heterocycles. The van der Waals surface area contributed by atoms with Gasteiger partial charge in [0, 0.05) is 12.2 Å². The van der Waals surface area contributed by atoms with Crippen molar-refractivity contribution in [2.24, 2.45) is 0 Å². The van der Waals surface area contributed by atoms with Crippen LogP contribution < -0.4 is 4.74 Å². The Morgan fingerprint density at radius 2 is 1.91 bits per heavy atom. The number of aliphatic hydroxyl groups excluding tert-OH is 1. The summed E-state index contributed by atoms with van der Waals surface area (Å²) in [7, 11) is 0. The van der Waals surface area contributed by atoms with Crippen LogP contribution >= 0.6 is 11.8 Å². The standard InChI is InChI=1S/C25H27N5O4S/c1-4-11-35-24-26-22-19(23(27-24)32-16-10-9-14-7-5-6-8-15(14)12-16)28-29-30(22)17-13-18(31)21-20(17)33-25(2,3)34-21/h5-10,12,17-18,20-21,31H,4,11,13H2,1-3H3/t17-,18+,20+,21-/m1/s1. The maximum absolute atomic E-state index is 10.7. The van der Waals surface area contributed by atoms with Gasteiger partial charge in [-0.3, -0.25) is 0 Å². The normalized spacial score (nSPS) is 25.4. The largest absolute Gasteiger partial charge is 0.437 e. The molecule has 1 aliphatic carbocycles. The van der Waals surface area contributed by atoms with E-state index in [0.29, 0.717) is 34.4 Å². The van der Waals surface area contributed by atoms with Crippen molar-refractivity contribution < 1.29 is 19.3 Å². The van der Waals surface area contributed by atoms with Crippen molar-refractivity contribution in [1.82, 2.24) is 25.0 Å². The van der Waals surface area contributed by atoms with Gasteiger partial charge in [0.25, 0.3) is 5.88 Å². The van der Waals surface area contributed by atoms with Crippen LogP contribution in [0.4, 0.5) is 0 Å². The van der Waals surface area contributed by atoms with Gasteiger partial charge < -0.3 is 19.3 Å². The molecule has 10 heteroatoms. The molecule has 1 saturated heterocycles. The van der Waals surface area contributed by atoms with Crippen LogP contribution in [-0.2, 0) is 9.47 Å². The minimum atomic E-state index is -0.771. The molecule has 9 nitrogen and oxygen atoms in total. The molecule has 1 aliphatic heterocycles. The predicted molar refractivity (Wildman–Crippen MR) is 132 cm³/mol. The van der Waals surface area contributed by atoms with Gasteiger partial charge in [0.05, 0.1) is 12.1 Å². The van der Waals surface area contributed by atoms with Gasteiger partial charge >= 0.3 is 0 Å². The van der Waals surface area contributed by atoms with Crippen LogP contribution in [0.5, 0.6) is 11.6 Å². The molecule has 182 valence electrons. The monoisotopic (exact) mass is 493 g/mol. The first-order valence-electron chi connectivity index (χ1n) is 11.9. The van der Waals surface area contributed by atoms with Crippen LogP contribution in [-0.4, -0.2) is 59.9 Å². The third-order valence-electron chi connectivity index (χ3n) is 6.36. The quantitative estimate of drug-likeness (QED) is 0.307. The Bertz CT molecular complexity index is 1390. The van der Waals surface area contributed by atoms with E-state index in [4.69, 9.17) is 19.2 Å². The first-order valence-corrected chi connectivity index (χ1v) is 12.9. The molecular weight excluding hydrogens is 466 g/mol. The van der Waals surface area contributed by atoms with Crippen molar-refractivity contribution in [1.29, 1.82) is 0 Å². The highest BCUT2D eigenvalue weighted by Crippen LogP contribution is 2.44. The molecule has 2 fully saturated rings. The molecule has 0 bridgehead atoms. The van der Waals surface area contributed by atoms with Gasteiger partial charge in [-0.15, -0.1) is 5.10 Å². The lowest BCUT2D eigenvalue weighted by Crippen LogP contribution is -2.29. The van der Waals surface area contributed by atoms with Crippen LogP contribution in [0.25, 0.3) is 21.9 Å². The van der Waals surface area contributed by atoms with Crippen LogP contribution in [0.3, 0.4) is 0 Å². The van der Waals surface area contributed by atoms with E-state index in [1.54, 1.807) is 16.4 Å². The van der Waals surface area contributed by atoms with E-state index < -0.39 is 18.0 Å². The zero-order valence-electron chi connectivity index (χ0n) is 19.8. The smallest absolute Gasteiger partial charge is 0.253 e. The second-order valence-corrected chi connectivity index (χ2v) is 10.5. The lowest BCUT2D eigenvalue weighted by atomic mass is 10.1. The molecule has 0 unspecified atom stereocenters. The third-order valence-corrected chi connectivity index (χ3v) is 7.41. The van der Waals surface area contributed by atoms with Crippen LogP contribution in [0.1, 0.15) is 39.7 Å². The number of fused-ring (bicyclic) bond motifs is 3. The predicted octanol–water partition coefficient (Wildman–Crippen LogP) is 4.49. The molecule has 4 atom stereocenters. The van der Waals surface area contributed by atoms with Crippen molar-refractivity contribution >= 4 is 33.7 Å². The molecule has 0 radical (unpaired) electrons. The van der Waals surface area contributed by atoms with Crippen molar-refractivity contribution in [3.63, 3.8) is 0 Å². The minimum absolute atomic E-state index is 0.269. The highest BCUT2D eigenvalue weighted by Gasteiger charge is 2.55. The molecule has 1 N–H and O–H groups in total. The van der Waals surface area contributed by atoms with E-state index in [2.05, 4.69) is 28.3 Å². The number of hydrogen-bond acceptors (Lipinski definition) is 9. The summed E-state index contributed by atoms with van der Waals surface area (Å²) in [6, 6.07) is 13.8. The summed E-state index contributed by atoms with van der Waals surface area (Å²) in [5.74, 6) is 1.12. The Hall–Kier alpha value is -2.79. The molecule has 1 saturated carbocycles. The number of hydrogen-bond donors (Lipinski definition) is 1. The number of thioether (sulfide) groups is 1. The number of rotatable bonds is 6.